The van der Waals surface area contributed by atoms with Gasteiger partial charge in [0.2, 0.25) is 0 Å². The molecule has 2 rings (SSSR count). The average molecular weight is 396 g/mol. The van der Waals surface area contributed by atoms with E-state index in [4.69, 9.17) is 0 Å². The van der Waals surface area contributed by atoms with Crippen molar-refractivity contribution in [1.82, 2.24) is 5.09 Å². The largest absolute Gasteiger partial charge is 0.289 e. The Hall–Kier alpha value is -1.43. The third-order valence-electron chi connectivity index (χ3n) is 5.73. The second-order valence-corrected chi connectivity index (χ2v) is 10.0. The highest BCUT2D eigenvalue weighted by atomic mass is 31.1. The van der Waals surface area contributed by atoms with Crippen LogP contribution in [0.1, 0.15) is 63.1 Å². The van der Waals surface area contributed by atoms with Gasteiger partial charge in [-0.2, -0.15) is 0 Å². The van der Waals surface area contributed by atoms with Crippen LogP contribution in [0.25, 0.3) is 0 Å². The molecule has 0 aliphatic rings. The molecule has 2 unspecified atom stereocenters. The van der Waals surface area contributed by atoms with Crippen LogP contribution in [0.3, 0.4) is 0 Å². The molecule has 2 aromatic rings. The highest BCUT2D eigenvalue weighted by molar-refractivity contribution is 7.53. The van der Waals surface area contributed by atoms with E-state index in [-0.39, 0.29) is 8.07 Å². The second-order valence-electron chi connectivity index (χ2n) is 8.06. The molecule has 0 radical (unpaired) electrons. The maximum Gasteiger partial charge on any atom is 0.0284 e. The summed E-state index contributed by atoms with van der Waals surface area (Å²) >= 11 is 0. The predicted octanol–water partition coefficient (Wildman–Crippen LogP) is 7.84. The number of nitrogens with one attached hydrogen (secondary N) is 1. The van der Waals surface area contributed by atoms with E-state index in [2.05, 4.69) is 94.0 Å². The zero-order valence-corrected chi connectivity index (χ0v) is 19.1. The zero-order chi connectivity index (χ0) is 20.4. The Bertz CT molecular complexity index is 688. The van der Waals surface area contributed by atoms with Gasteiger partial charge >= 0.3 is 0 Å². The Balaban J connectivity index is 2.01. The van der Waals surface area contributed by atoms with Crippen molar-refractivity contribution in [2.24, 2.45) is 5.92 Å². The fourth-order valence-electron chi connectivity index (χ4n) is 3.53. The molecule has 152 valence electrons. The Labute approximate surface area is 174 Å². The first-order valence-electron chi connectivity index (χ1n) is 10.8. The fraction of sp³-hybridized carbons (Fsp3) is 0.462. The van der Waals surface area contributed by atoms with E-state index in [0.29, 0.717) is 6.04 Å². The molecule has 0 spiro atoms. The van der Waals surface area contributed by atoms with Crippen molar-refractivity contribution in [1.29, 1.82) is 0 Å². The smallest absolute Gasteiger partial charge is 0.0284 e. The molecule has 0 amide bonds. The van der Waals surface area contributed by atoms with E-state index in [0.717, 1.165) is 24.7 Å². The molecule has 2 atom stereocenters. The van der Waals surface area contributed by atoms with Gasteiger partial charge in [-0.15, -0.1) is 0 Å². The third kappa shape index (κ3) is 7.90. The molecule has 0 fully saturated rings. The molecule has 1 N–H and O–H groups in total. The Kier molecular flexibility index (Phi) is 9.96. The number of hydrogen-bond donors (Lipinski definition) is 1. The van der Waals surface area contributed by atoms with Gasteiger partial charge in [0, 0.05) is 18.4 Å². The highest BCUT2D eigenvalue weighted by Gasteiger charge is 2.16. The molecule has 2 heteroatoms. The van der Waals surface area contributed by atoms with Gasteiger partial charge < -0.3 is 0 Å². The molecule has 2 aromatic carbocycles. The summed E-state index contributed by atoms with van der Waals surface area (Å²) in [5.74, 6) is 0.835. The summed E-state index contributed by atoms with van der Waals surface area (Å²) in [5, 5.41) is 3.95. The van der Waals surface area contributed by atoms with Gasteiger partial charge in [-0.3, -0.25) is 5.09 Å². The van der Waals surface area contributed by atoms with E-state index in [1.807, 2.05) is 0 Å². The molecule has 0 aliphatic carbocycles. The van der Waals surface area contributed by atoms with Crippen LogP contribution in [-0.2, 0) is 12.3 Å². The Morgan fingerprint density at radius 1 is 0.929 bits per heavy atom. The monoisotopic (exact) mass is 395 g/mol. The van der Waals surface area contributed by atoms with Gasteiger partial charge in [0.05, 0.1) is 0 Å². The minimum absolute atomic E-state index is 0.339. The maximum absolute atomic E-state index is 4.42. The van der Waals surface area contributed by atoms with Gasteiger partial charge in [-0.05, 0) is 51.8 Å². The summed E-state index contributed by atoms with van der Waals surface area (Å²) in [6.07, 6.45) is 7.17. The summed E-state index contributed by atoms with van der Waals surface area (Å²) in [7, 11) is -0.339. The van der Waals surface area contributed by atoms with Crippen molar-refractivity contribution in [3.05, 3.63) is 83.4 Å². The summed E-state index contributed by atoms with van der Waals surface area (Å²) in [4.78, 5) is 0. The van der Waals surface area contributed by atoms with Crippen LogP contribution >= 0.6 is 8.07 Å². The molecule has 0 saturated carbocycles. The lowest BCUT2D eigenvalue weighted by molar-refractivity contribution is 0.450. The minimum Gasteiger partial charge on any atom is -0.289 e. The first kappa shape index (κ1) is 22.9. The summed E-state index contributed by atoms with van der Waals surface area (Å²) < 4.78 is 0. The number of hydrogen-bond acceptors (Lipinski definition) is 1. The molecule has 0 aliphatic heterocycles. The molecule has 0 aromatic heterocycles. The van der Waals surface area contributed by atoms with Gasteiger partial charge in [0.15, 0.2) is 0 Å². The lowest BCUT2D eigenvalue weighted by Gasteiger charge is -2.26. The predicted molar refractivity (Wildman–Crippen MR) is 127 cm³/mol. The van der Waals surface area contributed by atoms with Gasteiger partial charge in [0.1, 0.15) is 0 Å². The van der Waals surface area contributed by atoms with Crippen molar-refractivity contribution < 1.29 is 0 Å². The normalized spacial score (nSPS) is 13.5. The number of aryl methyl sites for hydroxylation is 1. The SMILES string of the molecule is C=C(CCC(CC)CC)C(C)NP(Cc1ccccc1)Cc1ccc(C)cc1. The first-order valence-corrected chi connectivity index (χ1v) is 12.5. The highest BCUT2D eigenvalue weighted by Crippen LogP contribution is 2.40. The van der Waals surface area contributed by atoms with E-state index in [1.165, 1.54) is 41.5 Å². The van der Waals surface area contributed by atoms with E-state index in [9.17, 15) is 0 Å². The van der Waals surface area contributed by atoms with E-state index >= 15 is 0 Å². The molecule has 1 nitrogen and oxygen atoms in total. The van der Waals surface area contributed by atoms with Gasteiger partial charge in [-0.25, -0.2) is 0 Å². The molecule has 28 heavy (non-hydrogen) atoms. The number of benzene rings is 2. The third-order valence-corrected chi connectivity index (χ3v) is 7.97. The first-order chi connectivity index (χ1) is 13.5. The van der Waals surface area contributed by atoms with Crippen LogP contribution in [0.2, 0.25) is 0 Å². The van der Waals surface area contributed by atoms with Crippen LogP contribution < -0.4 is 5.09 Å². The van der Waals surface area contributed by atoms with Crippen LogP contribution in [0.5, 0.6) is 0 Å². The van der Waals surface area contributed by atoms with Crippen LogP contribution in [0.15, 0.2) is 66.7 Å². The van der Waals surface area contributed by atoms with Crippen molar-refractivity contribution in [3.8, 4) is 0 Å². The molecule has 0 saturated heterocycles. The summed E-state index contributed by atoms with van der Waals surface area (Å²) in [6.45, 7) is 13.5. The Morgan fingerprint density at radius 2 is 1.50 bits per heavy atom. The maximum atomic E-state index is 4.42. The topological polar surface area (TPSA) is 12.0 Å². The Morgan fingerprint density at radius 3 is 2.07 bits per heavy atom. The lowest BCUT2D eigenvalue weighted by atomic mass is 9.94. The van der Waals surface area contributed by atoms with Crippen molar-refractivity contribution in [2.45, 2.75) is 71.7 Å². The van der Waals surface area contributed by atoms with Crippen LogP contribution in [0, 0.1) is 12.8 Å². The minimum atomic E-state index is -0.339. The zero-order valence-electron chi connectivity index (χ0n) is 18.2. The standard InChI is InChI=1S/C26H38NP/c1-6-24(7-2)18-15-22(4)23(5)27-28(19-25-11-9-8-10-12-25)20-26-16-13-21(3)14-17-26/h8-14,16-17,23-24,27H,4,6-7,15,18-20H2,1-3,5H3. The van der Waals surface area contributed by atoms with Crippen molar-refractivity contribution >= 4 is 8.07 Å². The number of rotatable bonds is 12. The molecular weight excluding hydrogens is 357 g/mol. The average Bonchev–Trinajstić information content (AvgIpc) is 2.71. The molecule has 0 heterocycles. The van der Waals surface area contributed by atoms with Crippen molar-refractivity contribution in [3.63, 3.8) is 0 Å². The van der Waals surface area contributed by atoms with Crippen LogP contribution in [0.4, 0.5) is 0 Å². The quantitative estimate of drug-likeness (QED) is 0.285. The lowest BCUT2D eigenvalue weighted by Crippen LogP contribution is -2.24. The molecule has 0 bridgehead atoms. The van der Waals surface area contributed by atoms with Gasteiger partial charge in [0.25, 0.3) is 0 Å². The van der Waals surface area contributed by atoms with Crippen molar-refractivity contribution in [2.75, 3.05) is 0 Å². The van der Waals surface area contributed by atoms with Crippen LogP contribution in [-0.4, -0.2) is 6.04 Å². The molecular formula is C26H38NP. The van der Waals surface area contributed by atoms with E-state index < -0.39 is 0 Å². The van der Waals surface area contributed by atoms with Gasteiger partial charge in [-0.1, -0.05) is 99.0 Å². The second kappa shape index (κ2) is 12.2. The van der Waals surface area contributed by atoms with E-state index in [1.54, 1.807) is 0 Å². The summed E-state index contributed by atoms with van der Waals surface area (Å²) in [6, 6.07) is 20.3. The summed E-state index contributed by atoms with van der Waals surface area (Å²) in [5.41, 5.74) is 5.53. The fourth-order valence-corrected chi connectivity index (χ4v) is 5.86.